The average Bonchev–Trinajstić information content (AvgIpc) is 2.99. The van der Waals surface area contributed by atoms with Gasteiger partial charge >= 0.3 is 0 Å². The first-order valence-corrected chi connectivity index (χ1v) is 17.5. The highest BCUT2D eigenvalue weighted by Crippen LogP contribution is 2.59. The van der Waals surface area contributed by atoms with Crippen LogP contribution in [0, 0.1) is 35.5 Å². The molecule has 8 bridgehead atoms. The van der Waals surface area contributed by atoms with Crippen LogP contribution in [0.4, 0.5) is 0 Å². The summed E-state index contributed by atoms with van der Waals surface area (Å²) in [4.78, 5) is 41.1. The third kappa shape index (κ3) is 4.30. The number of hydrogen-bond donors (Lipinski definition) is 0. The van der Waals surface area contributed by atoms with Crippen molar-refractivity contribution in [3.63, 3.8) is 0 Å². The van der Waals surface area contributed by atoms with Crippen LogP contribution in [0.15, 0.2) is 18.5 Å². The van der Waals surface area contributed by atoms with Gasteiger partial charge in [-0.1, -0.05) is 0 Å². The molecule has 0 spiro atoms. The Morgan fingerprint density at radius 3 is 1.14 bits per heavy atom. The van der Waals surface area contributed by atoms with Gasteiger partial charge in [0.1, 0.15) is 0 Å². The Morgan fingerprint density at radius 1 is 0.524 bits per heavy atom. The molecule has 0 N–H and O–H groups in total. The van der Waals surface area contributed by atoms with Crippen molar-refractivity contribution in [3.05, 3.63) is 29.6 Å². The molecule has 8 aliphatic carbocycles. The lowest BCUT2D eigenvalue weighted by Gasteiger charge is -2.61. The molecule has 2 amide bonds. The Bertz CT molecular complexity index is 1080. The summed E-state index contributed by atoms with van der Waals surface area (Å²) in [6, 6.07) is 1.81. The fourth-order valence-corrected chi connectivity index (χ4v) is 12.7. The van der Waals surface area contributed by atoms with E-state index in [1.807, 2.05) is 15.9 Å². The minimum Gasteiger partial charge on any atom is -0.336 e. The number of piperazine rings is 2. The van der Waals surface area contributed by atoms with Gasteiger partial charge in [-0.05, 0) is 119 Å². The summed E-state index contributed by atoms with van der Waals surface area (Å²) in [5.41, 5.74) is 1.96. The molecule has 10 aliphatic rings. The molecule has 0 unspecified atom stereocenters. The highest BCUT2D eigenvalue weighted by Gasteiger charge is 2.55. The van der Waals surface area contributed by atoms with Crippen LogP contribution in [0.25, 0.3) is 0 Å². The van der Waals surface area contributed by atoms with Gasteiger partial charge < -0.3 is 9.80 Å². The van der Waals surface area contributed by atoms with Crippen molar-refractivity contribution in [1.29, 1.82) is 0 Å². The lowest BCUT2D eigenvalue weighted by atomic mass is 9.52. The maximum Gasteiger partial charge on any atom is 0.255 e. The quantitative estimate of drug-likeness (QED) is 0.532. The van der Waals surface area contributed by atoms with Crippen molar-refractivity contribution in [3.8, 4) is 0 Å². The van der Waals surface area contributed by atoms with E-state index >= 15 is 0 Å². The van der Waals surface area contributed by atoms with Crippen molar-refractivity contribution in [1.82, 2.24) is 24.6 Å². The Morgan fingerprint density at radius 2 is 0.833 bits per heavy atom. The summed E-state index contributed by atoms with van der Waals surface area (Å²) in [5, 5.41) is 0. The maximum atomic E-state index is 13.6. The van der Waals surface area contributed by atoms with Crippen molar-refractivity contribution in [2.75, 3.05) is 52.4 Å². The molecule has 8 saturated carbocycles. The first kappa shape index (κ1) is 26.4. The fourth-order valence-electron chi connectivity index (χ4n) is 12.7. The molecule has 226 valence electrons. The molecular formula is C35H49N5O2. The van der Waals surface area contributed by atoms with E-state index in [1.165, 1.54) is 77.0 Å². The molecule has 1 aromatic heterocycles. The van der Waals surface area contributed by atoms with Gasteiger partial charge in [0.2, 0.25) is 0 Å². The molecule has 7 nitrogen and oxygen atoms in total. The molecule has 0 atom stereocenters. The fraction of sp³-hybridized carbons (Fsp3) is 0.800. The standard InChI is InChI=1S/C35H49N5O2/c41-32(37-1-5-39(6-2-37)34-16-24-9-25(17-34)11-26(10-24)18-34)30-15-31(23-36-22-30)33(42)38-3-7-40(8-4-38)35-19-27-12-28(20-35)14-29(13-27)21-35/h15,22-29H,1-14,16-21H2. The molecule has 0 aromatic carbocycles. The lowest BCUT2D eigenvalue weighted by Crippen LogP contribution is -2.64. The van der Waals surface area contributed by atoms with Crippen LogP contribution in [0.2, 0.25) is 0 Å². The second-order valence-corrected chi connectivity index (χ2v) is 16.3. The van der Waals surface area contributed by atoms with Crippen LogP contribution >= 0.6 is 0 Å². The van der Waals surface area contributed by atoms with E-state index in [-0.39, 0.29) is 11.8 Å². The molecule has 1 aromatic rings. The zero-order chi connectivity index (χ0) is 28.1. The van der Waals surface area contributed by atoms with Crippen molar-refractivity contribution < 1.29 is 9.59 Å². The molecule has 0 radical (unpaired) electrons. The predicted molar refractivity (Wildman–Crippen MR) is 161 cm³/mol. The number of aromatic nitrogens is 1. The lowest BCUT2D eigenvalue weighted by molar-refractivity contribution is -0.0987. The van der Waals surface area contributed by atoms with E-state index in [2.05, 4.69) is 14.8 Å². The van der Waals surface area contributed by atoms with Gasteiger partial charge in [0.15, 0.2) is 0 Å². The third-order valence-corrected chi connectivity index (χ3v) is 13.7. The van der Waals surface area contributed by atoms with Crippen LogP contribution < -0.4 is 0 Å². The zero-order valence-electron chi connectivity index (χ0n) is 25.4. The summed E-state index contributed by atoms with van der Waals surface area (Å²) < 4.78 is 0. The van der Waals surface area contributed by atoms with Crippen LogP contribution in [0.5, 0.6) is 0 Å². The first-order chi connectivity index (χ1) is 20.4. The predicted octanol–water partition coefficient (Wildman–Crippen LogP) is 4.53. The van der Waals surface area contributed by atoms with Crippen molar-refractivity contribution in [2.24, 2.45) is 35.5 Å². The van der Waals surface area contributed by atoms with Gasteiger partial charge in [0.25, 0.3) is 11.8 Å². The third-order valence-electron chi connectivity index (χ3n) is 13.7. The summed E-state index contributed by atoms with van der Waals surface area (Å²) in [6.07, 6.45) is 20.5. The minimum absolute atomic E-state index is 0.0361. The van der Waals surface area contributed by atoms with Gasteiger partial charge in [0.05, 0.1) is 11.1 Å². The first-order valence-electron chi connectivity index (χ1n) is 17.5. The van der Waals surface area contributed by atoms with Gasteiger partial charge in [-0.2, -0.15) is 0 Å². The van der Waals surface area contributed by atoms with Crippen molar-refractivity contribution >= 4 is 11.8 Å². The normalized spacial score (nSPS) is 42.9. The molecular weight excluding hydrogens is 522 g/mol. The highest BCUT2D eigenvalue weighted by molar-refractivity contribution is 5.99. The maximum absolute atomic E-state index is 13.6. The Hall–Kier alpha value is -1.99. The summed E-state index contributed by atoms with van der Waals surface area (Å²) in [6.45, 7) is 7.07. The average molecular weight is 572 g/mol. The zero-order valence-corrected chi connectivity index (χ0v) is 25.4. The van der Waals surface area contributed by atoms with E-state index in [9.17, 15) is 9.59 Å². The smallest absolute Gasteiger partial charge is 0.255 e. The van der Waals surface area contributed by atoms with Crippen LogP contribution in [0.3, 0.4) is 0 Å². The number of pyridine rings is 1. The Kier molecular flexibility index (Phi) is 6.14. The van der Waals surface area contributed by atoms with E-state index in [0.29, 0.717) is 22.2 Å². The highest BCUT2D eigenvalue weighted by atomic mass is 16.2. The summed E-state index contributed by atoms with van der Waals surface area (Å²) >= 11 is 0. The molecule has 2 aliphatic heterocycles. The van der Waals surface area contributed by atoms with Gasteiger partial charge in [-0.15, -0.1) is 0 Å². The topological polar surface area (TPSA) is 60.0 Å². The van der Waals surface area contributed by atoms with E-state index in [4.69, 9.17) is 0 Å². The SMILES string of the molecule is O=C(c1cncc(C(=O)N2CCN(C34CC5CC(CC(C5)C3)C4)CC2)c1)N1CCN(C23CC4CC(CC(C4)C2)C3)CC1. The minimum atomic E-state index is 0.0361. The van der Waals surface area contributed by atoms with E-state index in [0.717, 1.165) is 87.9 Å². The Labute approximate surface area is 251 Å². The molecule has 42 heavy (non-hydrogen) atoms. The number of hydrogen-bond acceptors (Lipinski definition) is 5. The number of nitrogens with zero attached hydrogens (tertiary/aromatic N) is 5. The number of rotatable bonds is 4. The molecule has 2 saturated heterocycles. The number of carbonyl (C=O) groups is 2. The monoisotopic (exact) mass is 571 g/mol. The molecule has 7 heteroatoms. The van der Waals surface area contributed by atoms with Gasteiger partial charge in [-0.25, -0.2) is 0 Å². The van der Waals surface area contributed by atoms with Crippen LogP contribution in [-0.2, 0) is 0 Å². The summed E-state index contributed by atoms with van der Waals surface area (Å²) in [7, 11) is 0. The Balaban J connectivity index is 0.820. The largest absolute Gasteiger partial charge is 0.336 e. The molecule has 10 fully saturated rings. The van der Waals surface area contributed by atoms with E-state index < -0.39 is 0 Å². The summed E-state index contributed by atoms with van der Waals surface area (Å²) in [5.74, 6) is 5.75. The number of amides is 2. The van der Waals surface area contributed by atoms with Crippen LogP contribution in [-0.4, -0.2) is 99.8 Å². The second kappa shape index (κ2) is 9.76. The van der Waals surface area contributed by atoms with E-state index in [1.54, 1.807) is 12.4 Å². The molecule has 3 heterocycles. The molecule has 11 rings (SSSR count). The van der Waals surface area contributed by atoms with Gasteiger partial charge in [-0.3, -0.25) is 24.4 Å². The van der Waals surface area contributed by atoms with Gasteiger partial charge in [0, 0.05) is 75.8 Å². The second-order valence-electron chi connectivity index (χ2n) is 16.3. The van der Waals surface area contributed by atoms with Crippen molar-refractivity contribution in [2.45, 2.75) is 88.1 Å². The van der Waals surface area contributed by atoms with Crippen LogP contribution in [0.1, 0.15) is 97.8 Å². The number of carbonyl (C=O) groups excluding carboxylic acids is 2.